The van der Waals surface area contributed by atoms with Crippen LogP contribution in [0.2, 0.25) is 0 Å². The molecule has 12 heteroatoms. The summed E-state index contributed by atoms with van der Waals surface area (Å²) in [5, 5.41) is 8.45. The molecular weight excluding hydrogens is 464 g/mol. The molecule has 1 aromatic carbocycles. The van der Waals surface area contributed by atoms with E-state index in [0.717, 1.165) is 9.88 Å². The quantitative estimate of drug-likeness (QED) is 0.315. The van der Waals surface area contributed by atoms with Crippen molar-refractivity contribution in [3.8, 4) is 32.8 Å². The van der Waals surface area contributed by atoms with E-state index in [4.69, 9.17) is 14.0 Å². The highest BCUT2D eigenvalue weighted by atomic mass is 32.1. The van der Waals surface area contributed by atoms with E-state index in [1.165, 1.54) is 36.6 Å². The number of ether oxygens (including phenoxy) is 3. The highest BCUT2D eigenvalue weighted by Crippen LogP contribution is 2.32. The molecule has 0 fully saturated rings. The van der Waals surface area contributed by atoms with E-state index in [-0.39, 0.29) is 36.2 Å². The molecule has 0 aliphatic heterocycles. The molecule has 0 amide bonds. The third-order valence-electron chi connectivity index (χ3n) is 4.07. The van der Waals surface area contributed by atoms with Gasteiger partial charge < -0.3 is 18.7 Å². The summed E-state index contributed by atoms with van der Waals surface area (Å²) in [4.78, 5) is 21.8. The van der Waals surface area contributed by atoms with Gasteiger partial charge in [0.2, 0.25) is 5.82 Å². The van der Waals surface area contributed by atoms with Crippen molar-refractivity contribution < 1.29 is 32.3 Å². The lowest BCUT2D eigenvalue weighted by Crippen LogP contribution is -2.08. The molecule has 0 N–H and O–H groups in total. The molecule has 0 atom stereocenters. The predicted octanol–water partition coefficient (Wildman–Crippen LogP) is 4.82. The molecule has 0 unspecified atom stereocenters. The zero-order valence-corrected chi connectivity index (χ0v) is 18.1. The highest BCUT2D eigenvalue weighted by molar-refractivity contribution is 7.20. The maximum Gasteiger partial charge on any atom is 0.387 e. The van der Waals surface area contributed by atoms with Crippen LogP contribution in [0.1, 0.15) is 11.6 Å². The van der Waals surface area contributed by atoms with Gasteiger partial charge in [0.25, 0.3) is 5.89 Å². The number of aromatic nitrogens is 3. The molecule has 3 heterocycles. The summed E-state index contributed by atoms with van der Waals surface area (Å²) >= 11 is 3.04. The maximum absolute atomic E-state index is 12.5. The molecule has 32 heavy (non-hydrogen) atoms. The SMILES string of the molecule is COc1cc(-c2noc(COC(=O)Cc3csc(-c4cccs4)n3)n2)ccc1OC(F)F. The molecule has 0 aliphatic rings. The second-order valence-corrected chi connectivity index (χ2v) is 8.02. The Hall–Kier alpha value is -3.38. The first kappa shape index (κ1) is 21.8. The van der Waals surface area contributed by atoms with Gasteiger partial charge in [0.05, 0.1) is 24.1 Å². The van der Waals surface area contributed by atoms with Crippen LogP contribution in [0.3, 0.4) is 0 Å². The Bertz CT molecular complexity index is 1190. The van der Waals surface area contributed by atoms with E-state index in [0.29, 0.717) is 11.3 Å². The number of esters is 1. The standard InChI is InChI=1S/C20H15F2N3O5S2/c1-27-14-7-11(4-5-13(14)29-20(21)22)18-24-16(30-25-18)9-28-17(26)8-12-10-32-19(23-12)15-3-2-6-31-15/h2-7,10,20H,8-9H2,1H3. The number of methoxy groups -OCH3 is 1. The number of hydrogen-bond acceptors (Lipinski definition) is 10. The van der Waals surface area contributed by atoms with Gasteiger partial charge >= 0.3 is 12.6 Å². The average molecular weight is 479 g/mol. The van der Waals surface area contributed by atoms with Crippen molar-refractivity contribution in [2.45, 2.75) is 19.6 Å². The van der Waals surface area contributed by atoms with E-state index >= 15 is 0 Å². The number of carbonyl (C=O) groups excluding carboxylic acids is 1. The summed E-state index contributed by atoms with van der Waals surface area (Å²) in [7, 11) is 1.32. The minimum absolute atomic E-state index is 0.0195. The Balaban J connectivity index is 1.35. The Kier molecular flexibility index (Phi) is 6.71. The van der Waals surface area contributed by atoms with Crippen LogP contribution < -0.4 is 9.47 Å². The van der Waals surface area contributed by atoms with Crippen LogP contribution in [0.5, 0.6) is 11.5 Å². The molecule has 0 saturated heterocycles. The van der Waals surface area contributed by atoms with Crippen LogP contribution in [0.25, 0.3) is 21.3 Å². The van der Waals surface area contributed by atoms with Crippen LogP contribution in [-0.4, -0.2) is 34.8 Å². The summed E-state index contributed by atoms with van der Waals surface area (Å²) in [5.41, 5.74) is 1.07. The van der Waals surface area contributed by atoms with Gasteiger partial charge in [-0.25, -0.2) is 4.98 Å². The second kappa shape index (κ2) is 9.83. The van der Waals surface area contributed by atoms with Gasteiger partial charge in [-0.3, -0.25) is 4.79 Å². The van der Waals surface area contributed by atoms with E-state index in [2.05, 4.69) is 19.9 Å². The van der Waals surface area contributed by atoms with Crippen molar-refractivity contribution >= 4 is 28.6 Å². The zero-order valence-electron chi connectivity index (χ0n) is 16.5. The molecule has 166 valence electrons. The summed E-state index contributed by atoms with van der Waals surface area (Å²) in [5.74, 6) is -0.252. The Morgan fingerprint density at radius 3 is 2.81 bits per heavy atom. The number of benzene rings is 1. The average Bonchev–Trinajstić information content (AvgIpc) is 3.53. The number of carbonyl (C=O) groups is 1. The van der Waals surface area contributed by atoms with Crippen LogP contribution in [0.15, 0.2) is 45.6 Å². The first-order valence-electron chi connectivity index (χ1n) is 9.11. The lowest BCUT2D eigenvalue weighted by atomic mass is 10.2. The fourth-order valence-electron chi connectivity index (χ4n) is 2.67. The molecule has 3 aromatic heterocycles. The fraction of sp³-hybridized carbons (Fsp3) is 0.200. The minimum Gasteiger partial charge on any atom is -0.493 e. The number of nitrogens with zero attached hydrogens (tertiary/aromatic N) is 3. The number of halogens is 2. The van der Waals surface area contributed by atoms with Crippen LogP contribution in [-0.2, 0) is 22.6 Å². The monoisotopic (exact) mass is 479 g/mol. The van der Waals surface area contributed by atoms with E-state index < -0.39 is 12.6 Å². The number of thiazole rings is 1. The van der Waals surface area contributed by atoms with Crippen molar-refractivity contribution in [2.75, 3.05) is 7.11 Å². The molecule has 4 rings (SSSR count). The van der Waals surface area contributed by atoms with E-state index in [1.807, 2.05) is 22.9 Å². The number of hydrogen-bond donors (Lipinski definition) is 0. The minimum atomic E-state index is -2.98. The van der Waals surface area contributed by atoms with Crippen molar-refractivity contribution in [1.82, 2.24) is 15.1 Å². The van der Waals surface area contributed by atoms with Gasteiger partial charge in [-0.1, -0.05) is 11.2 Å². The lowest BCUT2D eigenvalue weighted by Gasteiger charge is -2.10. The van der Waals surface area contributed by atoms with Gasteiger partial charge in [-0.05, 0) is 29.6 Å². The molecule has 0 saturated carbocycles. The molecule has 4 aromatic rings. The zero-order chi connectivity index (χ0) is 22.5. The third-order valence-corrected chi connectivity index (χ3v) is 6.00. The van der Waals surface area contributed by atoms with Crippen molar-refractivity contribution in [2.24, 2.45) is 0 Å². The Morgan fingerprint density at radius 2 is 2.06 bits per heavy atom. The lowest BCUT2D eigenvalue weighted by molar-refractivity contribution is -0.144. The number of rotatable bonds is 9. The largest absolute Gasteiger partial charge is 0.493 e. The molecule has 0 aliphatic carbocycles. The van der Waals surface area contributed by atoms with Gasteiger partial charge in [0.1, 0.15) is 5.01 Å². The number of alkyl halides is 2. The third kappa shape index (κ3) is 5.26. The summed E-state index contributed by atoms with van der Waals surface area (Å²) in [6.07, 6.45) is 0.0195. The van der Waals surface area contributed by atoms with Crippen LogP contribution >= 0.6 is 22.7 Å². The molecule has 0 spiro atoms. The normalized spacial score (nSPS) is 11.0. The molecular formula is C20H15F2N3O5S2. The van der Waals surface area contributed by atoms with Gasteiger partial charge in [-0.15, -0.1) is 22.7 Å². The Morgan fingerprint density at radius 1 is 1.19 bits per heavy atom. The highest BCUT2D eigenvalue weighted by Gasteiger charge is 2.16. The topological polar surface area (TPSA) is 96.6 Å². The van der Waals surface area contributed by atoms with Crippen LogP contribution in [0.4, 0.5) is 8.78 Å². The van der Waals surface area contributed by atoms with Crippen LogP contribution in [0, 0.1) is 0 Å². The first-order chi connectivity index (χ1) is 15.5. The first-order valence-corrected chi connectivity index (χ1v) is 10.9. The molecule has 0 bridgehead atoms. The van der Waals surface area contributed by atoms with Crippen molar-refractivity contribution in [3.63, 3.8) is 0 Å². The fourth-order valence-corrected chi connectivity index (χ4v) is 4.31. The molecule has 0 radical (unpaired) electrons. The second-order valence-electron chi connectivity index (χ2n) is 6.21. The van der Waals surface area contributed by atoms with Crippen molar-refractivity contribution in [1.29, 1.82) is 0 Å². The van der Waals surface area contributed by atoms with Gasteiger partial charge in [0, 0.05) is 10.9 Å². The van der Waals surface area contributed by atoms with Gasteiger partial charge in [0.15, 0.2) is 18.1 Å². The predicted molar refractivity (Wildman–Crippen MR) is 112 cm³/mol. The smallest absolute Gasteiger partial charge is 0.387 e. The summed E-state index contributed by atoms with van der Waals surface area (Å²) in [6, 6.07) is 8.14. The van der Waals surface area contributed by atoms with Gasteiger partial charge in [-0.2, -0.15) is 13.8 Å². The summed E-state index contributed by atoms with van der Waals surface area (Å²) < 4.78 is 44.6. The molecule has 8 nitrogen and oxygen atoms in total. The number of thiophene rings is 1. The summed E-state index contributed by atoms with van der Waals surface area (Å²) in [6.45, 7) is -3.19. The van der Waals surface area contributed by atoms with E-state index in [9.17, 15) is 13.6 Å². The maximum atomic E-state index is 12.5. The Labute approximate surface area is 188 Å². The van der Waals surface area contributed by atoms with E-state index in [1.54, 1.807) is 11.3 Å². The van der Waals surface area contributed by atoms with Crippen molar-refractivity contribution in [3.05, 3.63) is 52.7 Å².